The van der Waals surface area contributed by atoms with E-state index >= 15 is 0 Å². The molecule has 0 aliphatic rings. The van der Waals surface area contributed by atoms with Crippen LogP contribution in [0, 0.1) is 0 Å². The average Bonchev–Trinajstić information content (AvgIpc) is 2.84. The third-order valence-electron chi connectivity index (χ3n) is 2.73. The number of unbranched alkanes of at least 4 members (excludes halogenated alkanes) is 3. The minimum Gasteiger partial charge on any atom is -0.350 e. The van der Waals surface area contributed by atoms with Crippen molar-refractivity contribution in [3.05, 3.63) is 16.1 Å². The van der Waals surface area contributed by atoms with Crippen molar-refractivity contribution in [3.63, 3.8) is 0 Å². The first-order valence-corrected chi connectivity index (χ1v) is 7.54. The molecule has 0 unspecified atom stereocenters. The van der Waals surface area contributed by atoms with Crippen molar-refractivity contribution in [2.24, 2.45) is 5.73 Å². The maximum atomic E-state index is 11.6. The fourth-order valence-electron chi connectivity index (χ4n) is 1.65. The molecule has 0 radical (unpaired) electrons. The number of carbonyl (C=O) groups excluding carboxylic acids is 1. The molecule has 1 rings (SSSR count). The van der Waals surface area contributed by atoms with E-state index in [1.54, 1.807) is 11.3 Å². The van der Waals surface area contributed by atoms with E-state index in [4.69, 9.17) is 5.73 Å². The number of nitrogens with one attached hydrogen (secondary N) is 1. The zero-order valence-corrected chi connectivity index (χ0v) is 11.9. The van der Waals surface area contributed by atoms with Crippen molar-refractivity contribution in [3.8, 4) is 0 Å². The number of amides is 1. The molecule has 0 bridgehead atoms. The molecule has 0 saturated heterocycles. The largest absolute Gasteiger partial charge is 0.350 e. The average molecular weight is 269 g/mol. The Hall–Kier alpha value is -0.940. The molecule has 0 saturated carbocycles. The number of hydrogen-bond acceptors (Lipinski definition) is 4. The molecule has 0 fully saturated rings. The van der Waals surface area contributed by atoms with Crippen molar-refractivity contribution in [1.82, 2.24) is 10.3 Å². The molecule has 1 amide bonds. The van der Waals surface area contributed by atoms with Crippen LogP contribution in [0.25, 0.3) is 0 Å². The van der Waals surface area contributed by atoms with E-state index in [0.29, 0.717) is 13.0 Å². The van der Waals surface area contributed by atoms with Crippen LogP contribution in [0.15, 0.2) is 5.38 Å². The maximum absolute atomic E-state index is 11.6. The molecule has 1 aromatic rings. The summed E-state index contributed by atoms with van der Waals surface area (Å²) < 4.78 is 0. The summed E-state index contributed by atoms with van der Waals surface area (Å²) in [5, 5.41) is 6.05. The fraction of sp³-hybridized carbons (Fsp3) is 0.692. The number of carbonyl (C=O) groups is 1. The third-order valence-corrected chi connectivity index (χ3v) is 3.77. The van der Waals surface area contributed by atoms with Crippen LogP contribution < -0.4 is 11.1 Å². The van der Waals surface area contributed by atoms with Crippen LogP contribution in [0.3, 0.4) is 0 Å². The minimum atomic E-state index is 0.119. The lowest BCUT2D eigenvalue weighted by molar-refractivity contribution is -0.121. The smallest absolute Gasteiger partial charge is 0.220 e. The predicted octanol–water partition coefficient (Wildman–Crippen LogP) is 2.23. The van der Waals surface area contributed by atoms with Crippen LogP contribution in [0.5, 0.6) is 0 Å². The quantitative estimate of drug-likeness (QED) is 0.675. The number of rotatable bonds is 9. The summed E-state index contributed by atoms with van der Waals surface area (Å²) in [6.07, 6.45) is 5.77. The van der Waals surface area contributed by atoms with Gasteiger partial charge in [0.2, 0.25) is 5.91 Å². The van der Waals surface area contributed by atoms with Crippen LogP contribution in [0.2, 0.25) is 0 Å². The Bertz CT molecular complexity index is 352. The van der Waals surface area contributed by atoms with Crippen molar-refractivity contribution in [2.75, 3.05) is 6.54 Å². The SMILES string of the molecule is CCc1nc(CNC(=O)CCCCCCN)cs1. The lowest BCUT2D eigenvalue weighted by Crippen LogP contribution is -2.22. The van der Waals surface area contributed by atoms with Crippen molar-refractivity contribution < 1.29 is 4.79 Å². The highest BCUT2D eigenvalue weighted by Gasteiger charge is 2.03. The highest BCUT2D eigenvalue weighted by molar-refractivity contribution is 7.09. The molecule has 0 atom stereocenters. The van der Waals surface area contributed by atoms with Gasteiger partial charge in [-0.2, -0.15) is 0 Å². The first-order chi connectivity index (χ1) is 8.76. The molecule has 0 spiro atoms. The summed E-state index contributed by atoms with van der Waals surface area (Å²) in [7, 11) is 0. The van der Waals surface area contributed by atoms with Crippen molar-refractivity contribution in [1.29, 1.82) is 0 Å². The minimum absolute atomic E-state index is 0.119. The summed E-state index contributed by atoms with van der Waals surface area (Å²) in [6, 6.07) is 0. The number of aryl methyl sites for hydroxylation is 1. The van der Waals surface area contributed by atoms with E-state index in [1.807, 2.05) is 5.38 Å². The normalized spacial score (nSPS) is 10.6. The Morgan fingerprint density at radius 2 is 2.17 bits per heavy atom. The number of nitrogens with zero attached hydrogens (tertiary/aromatic N) is 1. The maximum Gasteiger partial charge on any atom is 0.220 e. The molecule has 3 N–H and O–H groups in total. The zero-order chi connectivity index (χ0) is 13.2. The molecule has 4 nitrogen and oxygen atoms in total. The summed E-state index contributed by atoms with van der Waals surface area (Å²) in [5.41, 5.74) is 6.38. The van der Waals surface area contributed by atoms with Gasteiger partial charge in [-0.1, -0.05) is 19.8 Å². The second-order valence-corrected chi connectivity index (χ2v) is 5.26. The Balaban J connectivity index is 2.09. The molecular formula is C13H23N3OS. The lowest BCUT2D eigenvalue weighted by Gasteiger charge is -2.03. The fourth-order valence-corrected chi connectivity index (χ4v) is 2.40. The standard InChI is InChI=1S/C13H23N3OS/c1-2-13-16-11(10-18-13)9-15-12(17)7-5-3-4-6-8-14/h10H,2-9,14H2,1H3,(H,15,17). The van der Waals surface area contributed by atoms with Gasteiger partial charge >= 0.3 is 0 Å². The highest BCUT2D eigenvalue weighted by atomic mass is 32.1. The van der Waals surface area contributed by atoms with Gasteiger partial charge < -0.3 is 11.1 Å². The van der Waals surface area contributed by atoms with Crippen molar-refractivity contribution in [2.45, 2.75) is 52.0 Å². The highest BCUT2D eigenvalue weighted by Crippen LogP contribution is 2.10. The molecular weight excluding hydrogens is 246 g/mol. The van der Waals surface area contributed by atoms with Gasteiger partial charge in [0.15, 0.2) is 0 Å². The van der Waals surface area contributed by atoms with Gasteiger partial charge in [0, 0.05) is 11.8 Å². The number of aromatic nitrogens is 1. The first-order valence-electron chi connectivity index (χ1n) is 6.66. The van der Waals surface area contributed by atoms with Gasteiger partial charge in [-0.25, -0.2) is 4.98 Å². The topological polar surface area (TPSA) is 68.0 Å². The Kier molecular flexibility index (Phi) is 7.60. The molecule has 0 aliphatic carbocycles. The monoisotopic (exact) mass is 269 g/mol. The van der Waals surface area contributed by atoms with E-state index in [1.165, 1.54) is 0 Å². The van der Waals surface area contributed by atoms with Gasteiger partial charge in [0.05, 0.1) is 17.2 Å². The summed E-state index contributed by atoms with van der Waals surface area (Å²) in [5.74, 6) is 0.119. The van der Waals surface area contributed by atoms with Gasteiger partial charge in [0.1, 0.15) is 0 Å². The number of hydrogen-bond donors (Lipinski definition) is 2. The van der Waals surface area contributed by atoms with Crippen LogP contribution >= 0.6 is 11.3 Å². The van der Waals surface area contributed by atoms with Crippen molar-refractivity contribution >= 4 is 17.2 Å². The molecule has 18 heavy (non-hydrogen) atoms. The van der Waals surface area contributed by atoms with E-state index in [0.717, 1.165) is 49.4 Å². The second-order valence-electron chi connectivity index (χ2n) is 4.32. The molecule has 1 aromatic heterocycles. The summed E-state index contributed by atoms with van der Waals surface area (Å²) in [4.78, 5) is 16.0. The molecule has 0 aromatic carbocycles. The van der Waals surface area contributed by atoms with Crippen LogP contribution in [0.1, 0.15) is 49.7 Å². The second kappa shape index (κ2) is 9.05. The van der Waals surface area contributed by atoms with Gasteiger partial charge in [-0.3, -0.25) is 4.79 Å². The van der Waals surface area contributed by atoms with Crippen LogP contribution in [-0.2, 0) is 17.8 Å². The molecule has 1 heterocycles. The molecule has 5 heteroatoms. The lowest BCUT2D eigenvalue weighted by atomic mass is 10.1. The summed E-state index contributed by atoms with van der Waals surface area (Å²) >= 11 is 1.65. The first kappa shape index (κ1) is 15.1. The number of nitrogens with two attached hydrogens (primary N) is 1. The van der Waals surface area contributed by atoms with Gasteiger partial charge in [0.25, 0.3) is 0 Å². The zero-order valence-electron chi connectivity index (χ0n) is 11.1. The van der Waals surface area contributed by atoms with E-state index in [2.05, 4.69) is 17.2 Å². The predicted molar refractivity (Wildman–Crippen MR) is 75.5 cm³/mol. The van der Waals surface area contributed by atoms with Crippen LogP contribution in [0.4, 0.5) is 0 Å². The van der Waals surface area contributed by atoms with E-state index < -0.39 is 0 Å². The number of thiazole rings is 1. The Morgan fingerprint density at radius 3 is 2.83 bits per heavy atom. The molecule has 102 valence electrons. The Morgan fingerprint density at radius 1 is 1.39 bits per heavy atom. The van der Waals surface area contributed by atoms with E-state index in [9.17, 15) is 4.79 Å². The van der Waals surface area contributed by atoms with Crippen LogP contribution in [-0.4, -0.2) is 17.4 Å². The van der Waals surface area contributed by atoms with Gasteiger partial charge in [-0.05, 0) is 25.8 Å². The van der Waals surface area contributed by atoms with Gasteiger partial charge in [-0.15, -0.1) is 11.3 Å². The molecule has 0 aliphatic heterocycles. The third kappa shape index (κ3) is 6.12. The van der Waals surface area contributed by atoms with E-state index in [-0.39, 0.29) is 5.91 Å². The summed E-state index contributed by atoms with van der Waals surface area (Å²) in [6.45, 7) is 3.39. The Labute approximate surface area is 113 Å².